The molecule has 0 aliphatic carbocycles. The van der Waals surface area contributed by atoms with Gasteiger partial charge >= 0.3 is 0 Å². The monoisotopic (exact) mass is 216 g/mol. The molecule has 2 aromatic rings. The van der Waals surface area contributed by atoms with Crippen molar-refractivity contribution in [3.05, 3.63) is 36.5 Å². The van der Waals surface area contributed by atoms with Crippen LogP contribution in [0.4, 0.5) is 0 Å². The molecule has 0 radical (unpaired) electrons. The number of fused-ring (bicyclic) bond motifs is 1. The van der Waals surface area contributed by atoms with Crippen molar-refractivity contribution in [3.8, 4) is 5.75 Å². The molecule has 4 nitrogen and oxygen atoms in total. The van der Waals surface area contributed by atoms with Crippen molar-refractivity contribution >= 4 is 16.8 Å². The Morgan fingerprint density at radius 3 is 3.06 bits per heavy atom. The summed E-state index contributed by atoms with van der Waals surface area (Å²) in [6.07, 6.45) is 1.95. The number of primary amides is 1. The van der Waals surface area contributed by atoms with Crippen LogP contribution in [0.5, 0.6) is 5.75 Å². The minimum atomic E-state index is -0.362. The molecule has 0 aliphatic rings. The van der Waals surface area contributed by atoms with Crippen LogP contribution in [0.3, 0.4) is 0 Å². The summed E-state index contributed by atoms with van der Waals surface area (Å²) in [5, 5.41) is 1.06. The second-order valence-electron chi connectivity index (χ2n) is 3.42. The van der Waals surface area contributed by atoms with Crippen LogP contribution in [-0.2, 0) is 4.79 Å². The predicted molar refractivity (Wildman–Crippen MR) is 61.0 cm³/mol. The van der Waals surface area contributed by atoms with E-state index in [1.54, 1.807) is 6.20 Å². The maximum atomic E-state index is 10.5. The highest BCUT2D eigenvalue weighted by Gasteiger charge is 1.99. The van der Waals surface area contributed by atoms with Gasteiger partial charge in [-0.1, -0.05) is 6.07 Å². The highest BCUT2D eigenvalue weighted by molar-refractivity contribution is 5.79. The molecule has 2 N–H and O–H groups in total. The van der Waals surface area contributed by atoms with Gasteiger partial charge in [0.1, 0.15) is 5.75 Å². The number of aromatic nitrogens is 1. The Labute approximate surface area is 93.0 Å². The summed E-state index contributed by atoms with van der Waals surface area (Å²) >= 11 is 0. The number of benzene rings is 1. The zero-order chi connectivity index (χ0) is 11.4. The molecule has 0 unspecified atom stereocenters. The van der Waals surface area contributed by atoms with Gasteiger partial charge in [0.15, 0.2) is 0 Å². The standard InChI is InChI=1S/C12H12N2O2/c13-12(15)5-7-16-10-4-3-9-2-1-6-14-11(9)8-10/h1-4,6,8H,5,7H2,(H2,13,15). The second-order valence-corrected chi connectivity index (χ2v) is 3.42. The Kier molecular flexibility index (Phi) is 3.00. The number of ether oxygens (including phenoxy) is 1. The van der Waals surface area contributed by atoms with Gasteiger partial charge in [0.2, 0.25) is 5.91 Å². The molecule has 82 valence electrons. The van der Waals surface area contributed by atoms with Crippen LogP contribution in [0.25, 0.3) is 10.9 Å². The SMILES string of the molecule is NC(=O)CCOc1ccc2cccnc2c1. The topological polar surface area (TPSA) is 65.2 Å². The average molecular weight is 216 g/mol. The van der Waals surface area contributed by atoms with Gasteiger partial charge in [0.05, 0.1) is 18.5 Å². The second kappa shape index (κ2) is 4.61. The van der Waals surface area contributed by atoms with Crippen LogP contribution in [0.2, 0.25) is 0 Å². The molecule has 0 saturated heterocycles. The number of nitrogens with zero attached hydrogens (tertiary/aromatic N) is 1. The zero-order valence-electron chi connectivity index (χ0n) is 8.72. The molecule has 0 bridgehead atoms. The highest BCUT2D eigenvalue weighted by atomic mass is 16.5. The van der Waals surface area contributed by atoms with E-state index in [1.165, 1.54) is 0 Å². The predicted octanol–water partition coefficient (Wildman–Crippen LogP) is 1.49. The Morgan fingerprint density at radius 1 is 1.38 bits per heavy atom. The maximum Gasteiger partial charge on any atom is 0.220 e. The summed E-state index contributed by atoms with van der Waals surface area (Å²) in [5.41, 5.74) is 5.89. The van der Waals surface area contributed by atoms with Crippen LogP contribution in [-0.4, -0.2) is 17.5 Å². The molecule has 4 heteroatoms. The van der Waals surface area contributed by atoms with Crippen molar-refractivity contribution in [2.24, 2.45) is 5.73 Å². The van der Waals surface area contributed by atoms with Crippen LogP contribution < -0.4 is 10.5 Å². The first-order chi connectivity index (χ1) is 7.75. The fraction of sp³-hybridized carbons (Fsp3) is 0.167. The Balaban J connectivity index is 2.10. The van der Waals surface area contributed by atoms with E-state index < -0.39 is 0 Å². The Hall–Kier alpha value is -2.10. The Morgan fingerprint density at radius 2 is 2.25 bits per heavy atom. The summed E-state index contributed by atoms with van der Waals surface area (Å²) in [6.45, 7) is 0.299. The fourth-order valence-corrected chi connectivity index (χ4v) is 1.41. The lowest BCUT2D eigenvalue weighted by Gasteiger charge is -2.05. The van der Waals surface area contributed by atoms with E-state index in [4.69, 9.17) is 10.5 Å². The smallest absolute Gasteiger partial charge is 0.220 e. The number of nitrogens with two attached hydrogens (primary N) is 1. The van der Waals surface area contributed by atoms with Crippen molar-refractivity contribution < 1.29 is 9.53 Å². The van der Waals surface area contributed by atoms with Crippen molar-refractivity contribution in [1.82, 2.24) is 4.98 Å². The molecule has 1 aromatic carbocycles. The van der Waals surface area contributed by atoms with E-state index >= 15 is 0 Å². The van der Waals surface area contributed by atoms with Gasteiger partial charge in [-0.15, -0.1) is 0 Å². The van der Waals surface area contributed by atoms with Crippen molar-refractivity contribution in [2.45, 2.75) is 6.42 Å². The molecular weight excluding hydrogens is 204 g/mol. The third kappa shape index (κ3) is 2.48. The lowest BCUT2D eigenvalue weighted by Crippen LogP contribution is -2.14. The minimum absolute atomic E-state index is 0.222. The van der Waals surface area contributed by atoms with Gasteiger partial charge in [-0.2, -0.15) is 0 Å². The van der Waals surface area contributed by atoms with Crippen LogP contribution in [0.15, 0.2) is 36.5 Å². The summed E-state index contributed by atoms with van der Waals surface area (Å²) in [7, 11) is 0. The number of pyridine rings is 1. The van der Waals surface area contributed by atoms with Gasteiger partial charge in [-0.3, -0.25) is 9.78 Å². The van der Waals surface area contributed by atoms with E-state index in [2.05, 4.69) is 4.98 Å². The third-order valence-electron chi connectivity index (χ3n) is 2.19. The van der Waals surface area contributed by atoms with Crippen LogP contribution in [0, 0.1) is 0 Å². The molecule has 1 amide bonds. The fourth-order valence-electron chi connectivity index (χ4n) is 1.41. The quantitative estimate of drug-likeness (QED) is 0.842. The first-order valence-electron chi connectivity index (χ1n) is 5.01. The molecule has 2 rings (SSSR count). The lowest BCUT2D eigenvalue weighted by molar-refractivity contribution is -0.118. The number of hydrogen-bond acceptors (Lipinski definition) is 3. The van der Waals surface area contributed by atoms with E-state index in [-0.39, 0.29) is 12.3 Å². The molecule has 1 heterocycles. The van der Waals surface area contributed by atoms with Crippen molar-refractivity contribution in [3.63, 3.8) is 0 Å². The van der Waals surface area contributed by atoms with Gasteiger partial charge < -0.3 is 10.5 Å². The van der Waals surface area contributed by atoms with Gasteiger partial charge in [-0.25, -0.2) is 0 Å². The van der Waals surface area contributed by atoms with E-state index in [1.807, 2.05) is 30.3 Å². The van der Waals surface area contributed by atoms with Crippen molar-refractivity contribution in [1.29, 1.82) is 0 Å². The van der Waals surface area contributed by atoms with Gasteiger partial charge in [0.25, 0.3) is 0 Å². The first kappa shape index (κ1) is 10.4. The number of hydrogen-bond donors (Lipinski definition) is 1. The van der Waals surface area contributed by atoms with Crippen LogP contribution in [0.1, 0.15) is 6.42 Å². The number of amides is 1. The molecule has 1 aromatic heterocycles. The summed E-state index contributed by atoms with van der Waals surface area (Å²) in [5.74, 6) is 0.339. The maximum absolute atomic E-state index is 10.5. The third-order valence-corrected chi connectivity index (χ3v) is 2.19. The molecule has 16 heavy (non-hydrogen) atoms. The van der Waals surface area contributed by atoms with Crippen molar-refractivity contribution in [2.75, 3.05) is 6.61 Å². The normalized spacial score (nSPS) is 10.2. The summed E-state index contributed by atoms with van der Waals surface area (Å²) < 4.78 is 5.38. The summed E-state index contributed by atoms with van der Waals surface area (Å²) in [4.78, 5) is 14.7. The van der Waals surface area contributed by atoms with E-state index in [0.717, 1.165) is 10.9 Å². The Bertz CT molecular complexity index is 511. The molecule has 0 atom stereocenters. The van der Waals surface area contributed by atoms with E-state index in [9.17, 15) is 4.79 Å². The average Bonchev–Trinajstić information content (AvgIpc) is 2.28. The van der Waals surface area contributed by atoms with Crippen LogP contribution >= 0.6 is 0 Å². The lowest BCUT2D eigenvalue weighted by atomic mass is 10.2. The van der Waals surface area contributed by atoms with E-state index in [0.29, 0.717) is 12.4 Å². The molecule has 0 spiro atoms. The number of rotatable bonds is 4. The van der Waals surface area contributed by atoms with Gasteiger partial charge in [0, 0.05) is 17.6 Å². The molecule has 0 aliphatic heterocycles. The molecule has 0 fully saturated rings. The largest absolute Gasteiger partial charge is 0.493 e. The molecular formula is C12H12N2O2. The number of carbonyl (C=O) groups excluding carboxylic acids is 1. The first-order valence-corrected chi connectivity index (χ1v) is 5.01. The minimum Gasteiger partial charge on any atom is -0.493 e. The molecule has 0 saturated carbocycles. The zero-order valence-corrected chi connectivity index (χ0v) is 8.72. The highest BCUT2D eigenvalue weighted by Crippen LogP contribution is 2.18. The number of carbonyl (C=O) groups is 1. The summed E-state index contributed by atoms with van der Waals surface area (Å²) in [6, 6.07) is 9.49. The van der Waals surface area contributed by atoms with Gasteiger partial charge in [-0.05, 0) is 18.2 Å².